The van der Waals surface area contributed by atoms with Crippen LogP contribution in [0, 0.1) is 6.92 Å². The SMILES string of the molecule is Cc1cc(-c2ccccc2)ccc1C(F)(F)F. The van der Waals surface area contributed by atoms with Crippen molar-refractivity contribution in [1.82, 2.24) is 0 Å². The van der Waals surface area contributed by atoms with Gasteiger partial charge in [-0.25, -0.2) is 0 Å². The molecule has 0 unspecified atom stereocenters. The van der Waals surface area contributed by atoms with Gasteiger partial charge in [0, 0.05) is 0 Å². The van der Waals surface area contributed by atoms with Crippen LogP contribution in [-0.2, 0) is 6.18 Å². The predicted molar refractivity (Wildman–Crippen MR) is 61.6 cm³/mol. The van der Waals surface area contributed by atoms with Gasteiger partial charge in [-0.3, -0.25) is 0 Å². The summed E-state index contributed by atoms with van der Waals surface area (Å²) in [5.74, 6) is 0. The van der Waals surface area contributed by atoms with E-state index in [4.69, 9.17) is 0 Å². The number of hydrogen-bond donors (Lipinski definition) is 0. The number of halogens is 3. The second-order valence-electron chi connectivity index (χ2n) is 3.89. The van der Waals surface area contributed by atoms with Crippen LogP contribution in [-0.4, -0.2) is 0 Å². The minimum absolute atomic E-state index is 0.249. The van der Waals surface area contributed by atoms with Crippen LogP contribution in [0.5, 0.6) is 0 Å². The Hall–Kier alpha value is -1.77. The number of alkyl halides is 3. The molecule has 0 bridgehead atoms. The molecule has 0 saturated carbocycles. The van der Waals surface area contributed by atoms with Crippen LogP contribution in [0.25, 0.3) is 11.1 Å². The summed E-state index contributed by atoms with van der Waals surface area (Å²) >= 11 is 0. The Balaban J connectivity index is 2.45. The van der Waals surface area contributed by atoms with E-state index in [-0.39, 0.29) is 5.56 Å². The highest BCUT2D eigenvalue weighted by atomic mass is 19.4. The van der Waals surface area contributed by atoms with Crippen molar-refractivity contribution < 1.29 is 13.2 Å². The lowest BCUT2D eigenvalue weighted by Crippen LogP contribution is -2.07. The lowest BCUT2D eigenvalue weighted by Gasteiger charge is -2.11. The van der Waals surface area contributed by atoms with Crippen LogP contribution < -0.4 is 0 Å². The van der Waals surface area contributed by atoms with Gasteiger partial charge in [-0.05, 0) is 29.7 Å². The molecule has 0 heterocycles. The van der Waals surface area contributed by atoms with Crippen molar-refractivity contribution in [3.05, 3.63) is 59.7 Å². The van der Waals surface area contributed by atoms with Crippen LogP contribution in [0.15, 0.2) is 48.5 Å². The summed E-state index contributed by atoms with van der Waals surface area (Å²) in [5.41, 5.74) is 1.40. The third-order valence-corrected chi connectivity index (χ3v) is 2.64. The molecule has 17 heavy (non-hydrogen) atoms. The molecule has 0 fully saturated rings. The monoisotopic (exact) mass is 236 g/mol. The Morgan fingerprint density at radius 2 is 1.47 bits per heavy atom. The van der Waals surface area contributed by atoms with Crippen LogP contribution in [0.2, 0.25) is 0 Å². The van der Waals surface area contributed by atoms with Gasteiger partial charge in [0.15, 0.2) is 0 Å². The second kappa shape index (κ2) is 4.24. The standard InChI is InChI=1S/C14H11F3/c1-10-9-12(11-5-3-2-4-6-11)7-8-13(10)14(15,16)17/h2-9H,1H3. The highest BCUT2D eigenvalue weighted by molar-refractivity contribution is 5.64. The van der Waals surface area contributed by atoms with Gasteiger partial charge in [-0.15, -0.1) is 0 Å². The largest absolute Gasteiger partial charge is 0.416 e. The van der Waals surface area contributed by atoms with Gasteiger partial charge in [0.25, 0.3) is 0 Å². The van der Waals surface area contributed by atoms with E-state index < -0.39 is 11.7 Å². The lowest BCUT2D eigenvalue weighted by atomic mass is 10.00. The van der Waals surface area contributed by atoms with Crippen molar-refractivity contribution in [3.63, 3.8) is 0 Å². The van der Waals surface area contributed by atoms with Crippen LogP contribution in [0.1, 0.15) is 11.1 Å². The van der Waals surface area contributed by atoms with Crippen LogP contribution in [0.4, 0.5) is 13.2 Å². The molecule has 0 N–H and O–H groups in total. The molecule has 0 amide bonds. The molecule has 3 heteroatoms. The Morgan fingerprint density at radius 3 is 2.00 bits per heavy atom. The zero-order chi connectivity index (χ0) is 12.5. The Bertz CT molecular complexity index is 513. The van der Waals surface area contributed by atoms with E-state index in [1.54, 1.807) is 6.07 Å². The Morgan fingerprint density at radius 1 is 0.824 bits per heavy atom. The summed E-state index contributed by atoms with van der Waals surface area (Å²) in [6.07, 6.45) is -4.28. The van der Waals surface area contributed by atoms with Gasteiger partial charge in [-0.1, -0.05) is 42.5 Å². The fourth-order valence-corrected chi connectivity index (χ4v) is 1.79. The molecular formula is C14H11F3. The van der Waals surface area contributed by atoms with Crippen LogP contribution in [0.3, 0.4) is 0 Å². The van der Waals surface area contributed by atoms with Crippen molar-refractivity contribution in [1.29, 1.82) is 0 Å². The first-order chi connectivity index (χ1) is 7.98. The number of benzene rings is 2. The molecule has 0 aliphatic carbocycles. The quantitative estimate of drug-likeness (QED) is 0.674. The number of aryl methyl sites for hydroxylation is 1. The maximum absolute atomic E-state index is 12.6. The first-order valence-corrected chi connectivity index (χ1v) is 5.22. The van der Waals surface area contributed by atoms with E-state index >= 15 is 0 Å². The highest BCUT2D eigenvalue weighted by Gasteiger charge is 2.32. The second-order valence-corrected chi connectivity index (χ2v) is 3.89. The molecule has 2 aromatic carbocycles. The molecule has 0 atom stereocenters. The predicted octanol–water partition coefficient (Wildman–Crippen LogP) is 4.68. The summed E-state index contributed by atoms with van der Waals surface area (Å²) < 4.78 is 37.7. The fraction of sp³-hybridized carbons (Fsp3) is 0.143. The summed E-state index contributed by atoms with van der Waals surface area (Å²) in [6.45, 7) is 1.48. The molecule has 0 nitrogen and oxygen atoms in total. The van der Waals surface area contributed by atoms with E-state index in [0.29, 0.717) is 0 Å². The fourth-order valence-electron chi connectivity index (χ4n) is 1.79. The van der Waals surface area contributed by atoms with Gasteiger partial charge >= 0.3 is 6.18 Å². The normalized spacial score (nSPS) is 11.5. The minimum atomic E-state index is -4.28. The molecule has 0 saturated heterocycles. The molecule has 0 spiro atoms. The van der Waals surface area contributed by atoms with Crippen LogP contribution >= 0.6 is 0 Å². The van der Waals surface area contributed by atoms with Gasteiger partial charge in [0.05, 0.1) is 5.56 Å². The van der Waals surface area contributed by atoms with Gasteiger partial charge in [0.1, 0.15) is 0 Å². The summed E-state index contributed by atoms with van der Waals surface area (Å²) in [6, 6.07) is 13.6. The van der Waals surface area contributed by atoms with Gasteiger partial charge in [-0.2, -0.15) is 13.2 Å². The molecule has 0 radical (unpaired) electrons. The van der Waals surface area contributed by atoms with E-state index in [9.17, 15) is 13.2 Å². The molecule has 88 valence electrons. The van der Waals surface area contributed by atoms with Crippen molar-refractivity contribution in [3.8, 4) is 11.1 Å². The highest BCUT2D eigenvalue weighted by Crippen LogP contribution is 2.33. The smallest absolute Gasteiger partial charge is 0.166 e. The minimum Gasteiger partial charge on any atom is -0.166 e. The molecule has 2 rings (SSSR count). The molecular weight excluding hydrogens is 225 g/mol. The zero-order valence-electron chi connectivity index (χ0n) is 9.25. The maximum atomic E-state index is 12.6. The van der Waals surface area contributed by atoms with E-state index in [1.165, 1.54) is 13.0 Å². The average Bonchev–Trinajstić information content (AvgIpc) is 2.28. The Kier molecular flexibility index (Phi) is 2.92. The zero-order valence-corrected chi connectivity index (χ0v) is 9.25. The molecule has 0 aromatic heterocycles. The third kappa shape index (κ3) is 2.49. The first-order valence-electron chi connectivity index (χ1n) is 5.22. The number of hydrogen-bond acceptors (Lipinski definition) is 0. The van der Waals surface area contributed by atoms with Gasteiger partial charge < -0.3 is 0 Å². The van der Waals surface area contributed by atoms with Crippen molar-refractivity contribution in [2.45, 2.75) is 13.1 Å². The summed E-state index contributed by atoms with van der Waals surface area (Å²) in [5, 5.41) is 0. The third-order valence-electron chi connectivity index (χ3n) is 2.64. The number of rotatable bonds is 1. The lowest BCUT2D eigenvalue weighted by molar-refractivity contribution is -0.138. The average molecular weight is 236 g/mol. The molecule has 2 aromatic rings. The maximum Gasteiger partial charge on any atom is 0.416 e. The van der Waals surface area contributed by atoms with E-state index in [0.717, 1.165) is 17.2 Å². The molecule has 0 aliphatic heterocycles. The topological polar surface area (TPSA) is 0 Å². The Labute approximate surface area is 97.7 Å². The summed E-state index contributed by atoms with van der Waals surface area (Å²) in [7, 11) is 0. The van der Waals surface area contributed by atoms with E-state index in [1.807, 2.05) is 30.3 Å². The first kappa shape index (κ1) is 11.7. The molecule has 0 aliphatic rings. The van der Waals surface area contributed by atoms with Crippen molar-refractivity contribution in [2.24, 2.45) is 0 Å². The van der Waals surface area contributed by atoms with Crippen molar-refractivity contribution in [2.75, 3.05) is 0 Å². The van der Waals surface area contributed by atoms with Crippen molar-refractivity contribution >= 4 is 0 Å². The van der Waals surface area contributed by atoms with Gasteiger partial charge in [0.2, 0.25) is 0 Å². The summed E-state index contributed by atoms with van der Waals surface area (Å²) in [4.78, 5) is 0. The van der Waals surface area contributed by atoms with E-state index in [2.05, 4.69) is 0 Å².